The van der Waals surface area contributed by atoms with Crippen LogP contribution in [0.15, 0.2) is 30.3 Å². The van der Waals surface area contributed by atoms with Crippen LogP contribution in [0.4, 0.5) is 0 Å². The molecule has 0 amide bonds. The van der Waals surface area contributed by atoms with E-state index in [-0.39, 0.29) is 6.61 Å². The van der Waals surface area contributed by atoms with Gasteiger partial charge in [0, 0.05) is 0 Å². The molecule has 5 heteroatoms. The molecule has 0 aliphatic rings. The Balaban J connectivity index is 2.38. The van der Waals surface area contributed by atoms with Gasteiger partial charge in [-0.1, -0.05) is 30.3 Å². The third-order valence-corrected chi connectivity index (χ3v) is 2.14. The van der Waals surface area contributed by atoms with Gasteiger partial charge in [-0.3, -0.25) is 0 Å². The molecular formula is C11H16O5. The van der Waals surface area contributed by atoms with Gasteiger partial charge in [0.25, 0.3) is 0 Å². The highest BCUT2D eigenvalue weighted by Gasteiger charge is 2.24. The number of ether oxygens (including phenoxy) is 1. The second kappa shape index (κ2) is 6.57. The maximum Gasteiger partial charge on any atom is 0.183 e. The van der Waals surface area contributed by atoms with E-state index in [4.69, 9.17) is 14.9 Å². The maximum atomic E-state index is 9.34. The largest absolute Gasteiger partial charge is 0.394 e. The van der Waals surface area contributed by atoms with Crippen molar-refractivity contribution in [2.75, 3.05) is 6.61 Å². The first-order valence-corrected chi connectivity index (χ1v) is 4.95. The van der Waals surface area contributed by atoms with Crippen molar-refractivity contribution in [1.82, 2.24) is 0 Å². The molecule has 4 N–H and O–H groups in total. The predicted octanol–water partition coefficient (Wildman–Crippen LogP) is -0.764. The molecule has 5 nitrogen and oxygen atoms in total. The summed E-state index contributed by atoms with van der Waals surface area (Å²) in [6.07, 6.45) is -4.46. The lowest BCUT2D eigenvalue weighted by Crippen LogP contribution is -2.40. The number of aliphatic hydroxyl groups is 4. The lowest BCUT2D eigenvalue weighted by Gasteiger charge is -2.21. The molecule has 0 heterocycles. The summed E-state index contributed by atoms with van der Waals surface area (Å²) < 4.78 is 4.95. The van der Waals surface area contributed by atoms with E-state index in [0.29, 0.717) is 0 Å². The van der Waals surface area contributed by atoms with Gasteiger partial charge in [0.15, 0.2) is 6.29 Å². The summed E-state index contributed by atoms with van der Waals surface area (Å²) in [5.74, 6) is 0. The molecule has 1 rings (SSSR count). The molecule has 0 bridgehead atoms. The molecule has 0 aliphatic heterocycles. The van der Waals surface area contributed by atoms with Crippen LogP contribution in [-0.4, -0.2) is 45.5 Å². The van der Waals surface area contributed by atoms with Crippen LogP contribution in [-0.2, 0) is 11.3 Å². The number of rotatable bonds is 6. The van der Waals surface area contributed by atoms with Crippen molar-refractivity contribution in [3.63, 3.8) is 0 Å². The number of hydrogen-bond donors (Lipinski definition) is 4. The molecule has 3 atom stereocenters. The molecule has 0 aromatic heterocycles. The van der Waals surface area contributed by atoms with Gasteiger partial charge in [-0.05, 0) is 5.56 Å². The summed E-state index contributed by atoms with van der Waals surface area (Å²) in [5, 5.41) is 36.2. The summed E-state index contributed by atoms with van der Waals surface area (Å²) in [6, 6.07) is 9.11. The van der Waals surface area contributed by atoms with Crippen molar-refractivity contribution < 1.29 is 25.2 Å². The van der Waals surface area contributed by atoms with Crippen molar-refractivity contribution in [2.45, 2.75) is 25.1 Å². The average molecular weight is 228 g/mol. The van der Waals surface area contributed by atoms with Crippen LogP contribution in [0, 0.1) is 0 Å². The van der Waals surface area contributed by atoms with Crippen LogP contribution >= 0.6 is 0 Å². The predicted molar refractivity (Wildman–Crippen MR) is 56.3 cm³/mol. The lowest BCUT2D eigenvalue weighted by atomic mass is 10.2. The Hall–Kier alpha value is -0.980. The van der Waals surface area contributed by atoms with Crippen molar-refractivity contribution in [1.29, 1.82) is 0 Å². The molecule has 0 spiro atoms. The molecule has 0 aliphatic carbocycles. The fourth-order valence-electron chi connectivity index (χ4n) is 1.15. The van der Waals surface area contributed by atoms with E-state index < -0.39 is 25.1 Å². The van der Waals surface area contributed by atoms with Crippen LogP contribution in [0.2, 0.25) is 0 Å². The highest BCUT2D eigenvalue weighted by Crippen LogP contribution is 2.06. The highest BCUT2D eigenvalue weighted by molar-refractivity contribution is 5.13. The molecule has 16 heavy (non-hydrogen) atoms. The summed E-state index contributed by atoms with van der Waals surface area (Å²) in [5.41, 5.74) is 0.840. The third kappa shape index (κ3) is 3.88. The fraction of sp³-hybridized carbons (Fsp3) is 0.455. The number of aliphatic hydroxyl groups excluding tert-OH is 4. The van der Waals surface area contributed by atoms with Crippen LogP contribution in [0.1, 0.15) is 5.56 Å². The van der Waals surface area contributed by atoms with Gasteiger partial charge >= 0.3 is 0 Å². The molecular weight excluding hydrogens is 212 g/mol. The number of hydrogen-bond acceptors (Lipinski definition) is 5. The fourth-order valence-corrected chi connectivity index (χ4v) is 1.15. The average Bonchev–Trinajstić information content (AvgIpc) is 2.35. The van der Waals surface area contributed by atoms with Crippen molar-refractivity contribution in [3.05, 3.63) is 35.9 Å². The molecule has 0 radical (unpaired) electrons. The highest BCUT2D eigenvalue weighted by atomic mass is 16.6. The van der Waals surface area contributed by atoms with Crippen molar-refractivity contribution in [3.8, 4) is 0 Å². The molecule has 1 aromatic carbocycles. The zero-order chi connectivity index (χ0) is 12.0. The van der Waals surface area contributed by atoms with Gasteiger partial charge in [0.05, 0.1) is 13.2 Å². The molecule has 0 fully saturated rings. The minimum absolute atomic E-state index is 0.122. The summed E-state index contributed by atoms with van der Waals surface area (Å²) in [4.78, 5) is 0. The van der Waals surface area contributed by atoms with Gasteiger partial charge in [-0.15, -0.1) is 0 Å². The molecule has 0 saturated heterocycles. The van der Waals surface area contributed by atoms with Crippen LogP contribution in [0.5, 0.6) is 0 Å². The molecule has 1 aromatic rings. The quantitative estimate of drug-likeness (QED) is 0.480. The second-order valence-corrected chi connectivity index (χ2v) is 3.43. The van der Waals surface area contributed by atoms with Crippen molar-refractivity contribution in [2.24, 2.45) is 0 Å². The Morgan fingerprint density at radius 1 is 1.06 bits per heavy atom. The zero-order valence-corrected chi connectivity index (χ0v) is 8.73. The van der Waals surface area contributed by atoms with E-state index >= 15 is 0 Å². The number of benzene rings is 1. The standard InChI is InChI=1S/C11H16O5/c12-6-9(13)10(14)11(15)16-7-8-4-2-1-3-5-8/h1-5,9-15H,6-7H2/t9-,10+,11?/m1/s1. The Bertz CT molecular complexity index is 290. The molecule has 1 unspecified atom stereocenters. The minimum atomic E-state index is -1.53. The topological polar surface area (TPSA) is 90.2 Å². The van der Waals surface area contributed by atoms with Gasteiger partial charge in [-0.2, -0.15) is 0 Å². The monoisotopic (exact) mass is 228 g/mol. The van der Waals surface area contributed by atoms with Gasteiger partial charge in [0.1, 0.15) is 12.2 Å². The maximum absolute atomic E-state index is 9.34. The van der Waals surface area contributed by atoms with E-state index in [1.807, 2.05) is 30.3 Å². The summed E-state index contributed by atoms with van der Waals surface area (Å²) >= 11 is 0. The summed E-state index contributed by atoms with van der Waals surface area (Å²) in [6.45, 7) is -0.510. The third-order valence-electron chi connectivity index (χ3n) is 2.14. The SMILES string of the molecule is OC[C@@H](O)[C@H](O)C(O)OCc1ccccc1. The smallest absolute Gasteiger partial charge is 0.183 e. The van der Waals surface area contributed by atoms with Crippen molar-refractivity contribution >= 4 is 0 Å². The van der Waals surface area contributed by atoms with E-state index in [1.54, 1.807) is 0 Å². The van der Waals surface area contributed by atoms with Crippen LogP contribution in [0.3, 0.4) is 0 Å². The molecule has 0 saturated carbocycles. The van der Waals surface area contributed by atoms with E-state index in [1.165, 1.54) is 0 Å². The van der Waals surface area contributed by atoms with Crippen LogP contribution in [0.25, 0.3) is 0 Å². The first kappa shape index (κ1) is 13.1. The van der Waals surface area contributed by atoms with Gasteiger partial charge in [0.2, 0.25) is 0 Å². The van der Waals surface area contributed by atoms with Gasteiger partial charge < -0.3 is 25.2 Å². The van der Waals surface area contributed by atoms with Gasteiger partial charge in [-0.25, -0.2) is 0 Å². The Labute approximate surface area is 93.5 Å². The Kier molecular flexibility index (Phi) is 5.37. The van der Waals surface area contributed by atoms with E-state index in [9.17, 15) is 10.2 Å². The van der Waals surface area contributed by atoms with Crippen LogP contribution < -0.4 is 0 Å². The Morgan fingerprint density at radius 2 is 1.69 bits per heavy atom. The van der Waals surface area contributed by atoms with E-state index in [2.05, 4.69) is 0 Å². The normalized spacial score (nSPS) is 16.8. The summed E-state index contributed by atoms with van der Waals surface area (Å²) in [7, 11) is 0. The first-order chi connectivity index (χ1) is 7.65. The second-order valence-electron chi connectivity index (χ2n) is 3.43. The first-order valence-electron chi connectivity index (χ1n) is 4.95. The minimum Gasteiger partial charge on any atom is -0.394 e. The zero-order valence-electron chi connectivity index (χ0n) is 8.73. The molecule has 90 valence electrons. The van der Waals surface area contributed by atoms with E-state index in [0.717, 1.165) is 5.56 Å². The lowest BCUT2D eigenvalue weighted by molar-refractivity contribution is -0.198. The Morgan fingerprint density at radius 3 is 2.25 bits per heavy atom.